The van der Waals surface area contributed by atoms with Gasteiger partial charge in [-0.05, 0) is 37.6 Å². The molecule has 2 aromatic heterocycles. The van der Waals surface area contributed by atoms with Gasteiger partial charge in [-0.2, -0.15) is 0 Å². The maximum atomic E-state index is 13.3. The van der Waals surface area contributed by atoms with E-state index >= 15 is 0 Å². The van der Waals surface area contributed by atoms with Crippen molar-refractivity contribution in [2.75, 3.05) is 10.6 Å². The molecule has 0 bridgehead atoms. The zero-order valence-electron chi connectivity index (χ0n) is 13.4. The highest BCUT2D eigenvalue weighted by Crippen LogP contribution is 2.33. The summed E-state index contributed by atoms with van der Waals surface area (Å²) in [4.78, 5) is 24.1. The lowest BCUT2D eigenvalue weighted by Gasteiger charge is -2.08. The quantitative estimate of drug-likeness (QED) is 0.731. The second-order valence-electron chi connectivity index (χ2n) is 5.10. The predicted octanol–water partition coefficient (Wildman–Crippen LogP) is 4.04. The molecule has 0 spiro atoms. The summed E-state index contributed by atoms with van der Waals surface area (Å²) in [5.74, 6) is -0.201. The number of carbonyl (C=O) groups is 1. The molecule has 0 saturated carbocycles. The van der Waals surface area contributed by atoms with Gasteiger partial charge in [0, 0.05) is 5.69 Å². The maximum absolute atomic E-state index is 13.3. The molecule has 128 valence electrons. The third-order valence-corrected chi connectivity index (χ3v) is 3.98. The molecule has 0 unspecified atom stereocenters. The van der Waals surface area contributed by atoms with Crippen LogP contribution in [0.2, 0.25) is 0 Å². The molecule has 3 aromatic rings. The number of anilines is 3. The molecular weight excluding hydrogens is 345 g/mol. The van der Waals surface area contributed by atoms with Gasteiger partial charge >= 0.3 is 6.09 Å². The summed E-state index contributed by atoms with van der Waals surface area (Å²) in [5, 5.41) is 6.87. The van der Waals surface area contributed by atoms with Crippen LogP contribution in [0, 0.1) is 19.7 Å². The Labute approximate surface area is 146 Å². The predicted molar refractivity (Wildman–Crippen MR) is 92.9 cm³/mol. The largest absolute Gasteiger partial charge is 0.418 e. The summed E-state index contributed by atoms with van der Waals surface area (Å²) in [6.45, 7) is 3.41. The maximum Gasteiger partial charge on any atom is 0.418 e. The van der Waals surface area contributed by atoms with Gasteiger partial charge in [-0.1, -0.05) is 11.3 Å². The zero-order valence-corrected chi connectivity index (χ0v) is 14.2. The van der Waals surface area contributed by atoms with Gasteiger partial charge in [-0.25, -0.2) is 24.1 Å². The number of hydrogen-bond acceptors (Lipinski definition) is 7. The highest BCUT2D eigenvalue weighted by atomic mass is 32.1. The van der Waals surface area contributed by atoms with E-state index in [1.54, 1.807) is 26.2 Å². The van der Waals surface area contributed by atoms with E-state index in [0.29, 0.717) is 21.9 Å². The van der Waals surface area contributed by atoms with Crippen LogP contribution in [0.15, 0.2) is 36.9 Å². The van der Waals surface area contributed by atoms with Crippen molar-refractivity contribution in [1.29, 1.82) is 0 Å². The first-order chi connectivity index (χ1) is 12.0. The van der Waals surface area contributed by atoms with Gasteiger partial charge in [-0.3, -0.25) is 5.32 Å². The zero-order chi connectivity index (χ0) is 17.8. The Morgan fingerprint density at radius 2 is 1.96 bits per heavy atom. The first kappa shape index (κ1) is 16.8. The van der Waals surface area contributed by atoms with E-state index < -0.39 is 6.09 Å². The Morgan fingerprint density at radius 3 is 2.68 bits per heavy atom. The first-order valence-corrected chi connectivity index (χ1v) is 8.07. The van der Waals surface area contributed by atoms with Gasteiger partial charge in [0.25, 0.3) is 5.88 Å². The molecule has 2 heterocycles. The van der Waals surface area contributed by atoms with Crippen LogP contribution in [0.25, 0.3) is 0 Å². The Kier molecular flexibility index (Phi) is 4.85. The lowest BCUT2D eigenvalue weighted by molar-refractivity contribution is 0.214. The molecule has 0 radical (unpaired) electrons. The molecule has 2 N–H and O–H groups in total. The van der Waals surface area contributed by atoms with Crippen molar-refractivity contribution in [3.05, 3.63) is 53.3 Å². The van der Waals surface area contributed by atoms with E-state index in [9.17, 15) is 9.18 Å². The number of benzene rings is 1. The van der Waals surface area contributed by atoms with Crippen LogP contribution in [0.5, 0.6) is 5.88 Å². The van der Waals surface area contributed by atoms with Gasteiger partial charge < -0.3 is 10.1 Å². The molecule has 7 nitrogen and oxygen atoms in total. The van der Waals surface area contributed by atoms with Crippen LogP contribution in [-0.4, -0.2) is 21.0 Å². The topological polar surface area (TPSA) is 89.0 Å². The summed E-state index contributed by atoms with van der Waals surface area (Å²) < 4.78 is 18.5. The SMILES string of the molecule is Cc1nc(OC(=O)Nc2ccc(F)c(C)c2)c(Nc2cncnc2)s1. The number of amides is 1. The first-order valence-electron chi connectivity index (χ1n) is 7.25. The van der Waals surface area contributed by atoms with Gasteiger partial charge in [0.1, 0.15) is 12.1 Å². The minimum absolute atomic E-state index is 0.141. The van der Waals surface area contributed by atoms with E-state index in [1.165, 1.54) is 35.9 Å². The van der Waals surface area contributed by atoms with Crippen molar-refractivity contribution >= 4 is 33.8 Å². The van der Waals surface area contributed by atoms with Gasteiger partial charge in [-0.15, -0.1) is 0 Å². The highest BCUT2D eigenvalue weighted by Gasteiger charge is 2.15. The number of thiazole rings is 1. The minimum Gasteiger partial charge on any atom is -0.388 e. The molecule has 1 amide bonds. The van der Waals surface area contributed by atoms with Crippen molar-refractivity contribution in [3.63, 3.8) is 0 Å². The molecule has 0 aliphatic rings. The summed E-state index contributed by atoms with van der Waals surface area (Å²) >= 11 is 1.33. The second-order valence-corrected chi connectivity index (χ2v) is 6.30. The number of carbonyl (C=O) groups excluding carboxylic acids is 1. The molecule has 1 aromatic carbocycles. The fourth-order valence-corrected chi connectivity index (χ4v) is 2.77. The van der Waals surface area contributed by atoms with Crippen LogP contribution in [-0.2, 0) is 0 Å². The molecule has 0 aliphatic carbocycles. The number of halogens is 1. The van der Waals surface area contributed by atoms with Crippen molar-refractivity contribution in [3.8, 4) is 5.88 Å². The molecule has 3 rings (SSSR count). The van der Waals surface area contributed by atoms with Crippen molar-refractivity contribution in [1.82, 2.24) is 15.0 Å². The van der Waals surface area contributed by atoms with Crippen LogP contribution >= 0.6 is 11.3 Å². The fraction of sp³-hybridized carbons (Fsp3) is 0.125. The molecule has 9 heteroatoms. The van der Waals surface area contributed by atoms with E-state index in [2.05, 4.69) is 25.6 Å². The normalized spacial score (nSPS) is 10.4. The van der Waals surface area contributed by atoms with Crippen molar-refractivity contribution in [2.45, 2.75) is 13.8 Å². The van der Waals surface area contributed by atoms with E-state index in [-0.39, 0.29) is 11.7 Å². The van der Waals surface area contributed by atoms with E-state index in [1.807, 2.05) is 0 Å². The van der Waals surface area contributed by atoms with Crippen molar-refractivity contribution in [2.24, 2.45) is 0 Å². The lowest BCUT2D eigenvalue weighted by atomic mass is 10.2. The Bertz CT molecular complexity index is 901. The smallest absolute Gasteiger partial charge is 0.388 e. The number of aromatic nitrogens is 3. The minimum atomic E-state index is -0.719. The number of nitrogens with zero attached hydrogens (tertiary/aromatic N) is 3. The molecule has 0 fully saturated rings. The molecular formula is C16H14FN5O2S. The number of hydrogen-bond donors (Lipinski definition) is 2. The van der Waals surface area contributed by atoms with Crippen LogP contribution in [0.4, 0.5) is 25.6 Å². The molecule has 0 atom stereocenters. The number of aryl methyl sites for hydroxylation is 2. The Hall–Kier alpha value is -3.07. The molecule has 0 aliphatic heterocycles. The second kappa shape index (κ2) is 7.22. The van der Waals surface area contributed by atoms with Crippen LogP contribution in [0.3, 0.4) is 0 Å². The van der Waals surface area contributed by atoms with Gasteiger partial charge in [0.05, 0.1) is 23.1 Å². The summed E-state index contributed by atoms with van der Waals surface area (Å²) in [7, 11) is 0. The average molecular weight is 359 g/mol. The van der Waals surface area contributed by atoms with Gasteiger partial charge in [0.2, 0.25) is 0 Å². The van der Waals surface area contributed by atoms with Gasteiger partial charge in [0.15, 0.2) is 5.00 Å². The summed E-state index contributed by atoms with van der Waals surface area (Å²) in [6, 6.07) is 4.25. The number of rotatable bonds is 4. The van der Waals surface area contributed by atoms with E-state index in [4.69, 9.17) is 4.74 Å². The lowest BCUT2D eigenvalue weighted by Crippen LogP contribution is -2.17. The highest BCUT2D eigenvalue weighted by molar-refractivity contribution is 7.16. The van der Waals surface area contributed by atoms with E-state index in [0.717, 1.165) is 5.01 Å². The average Bonchev–Trinajstić information content (AvgIpc) is 2.91. The number of nitrogens with one attached hydrogen (secondary N) is 2. The monoisotopic (exact) mass is 359 g/mol. The third-order valence-electron chi connectivity index (χ3n) is 3.12. The molecule has 25 heavy (non-hydrogen) atoms. The standard InChI is InChI=1S/C16H14FN5O2S/c1-9-5-11(3-4-13(9)17)22-16(23)24-14-15(25-10(2)20-14)21-12-6-18-8-19-7-12/h3-8,21H,1-2H3,(H,22,23). The number of ether oxygens (including phenoxy) is 1. The van der Waals surface area contributed by atoms with Crippen molar-refractivity contribution < 1.29 is 13.9 Å². The summed E-state index contributed by atoms with van der Waals surface area (Å²) in [5.41, 5.74) is 1.50. The fourth-order valence-electron chi connectivity index (χ4n) is 2.00. The van der Waals surface area contributed by atoms with Crippen LogP contribution in [0.1, 0.15) is 10.6 Å². The Morgan fingerprint density at radius 1 is 1.20 bits per heavy atom. The Balaban J connectivity index is 1.71. The summed E-state index contributed by atoms with van der Waals surface area (Å²) in [6.07, 6.45) is 3.88. The van der Waals surface area contributed by atoms with Crippen LogP contribution < -0.4 is 15.4 Å². The third kappa shape index (κ3) is 4.27. The molecule has 0 saturated heterocycles.